The van der Waals surface area contributed by atoms with Gasteiger partial charge in [0.1, 0.15) is 11.7 Å². The molecule has 0 amide bonds. The van der Waals surface area contributed by atoms with E-state index in [4.69, 9.17) is 16.6 Å². The van der Waals surface area contributed by atoms with Crippen LogP contribution in [0.3, 0.4) is 0 Å². The van der Waals surface area contributed by atoms with Gasteiger partial charge in [0.25, 0.3) is 0 Å². The van der Waals surface area contributed by atoms with Crippen LogP contribution in [0, 0.1) is 11.2 Å². The molecule has 2 heterocycles. The summed E-state index contributed by atoms with van der Waals surface area (Å²) in [5, 5.41) is 4.18. The van der Waals surface area contributed by atoms with Crippen LogP contribution in [0.25, 0.3) is 0 Å². The van der Waals surface area contributed by atoms with E-state index in [9.17, 15) is 4.39 Å². The molecule has 0 unspecified atom stereocenters. The van der Waals surface area contributed by atoms with Crippen molar-refractivity contribution in [3.05, 3.63) is 64.4 Å². The highest BCUT2D eigenvalue weighted by atomic mass is 35.5. The Morgan fingerprint density at radius 3 is 2.80 bits per heavy atom. The Balaban J connectivity index is 1.68. The minimum absolute atomic E-state index is 0.0503. The van der Waals surface area contributed by atoms with Gasteiger partial charge in [-0.05, 0) is 66.2 Å². The predicted octanol–water partition coefficient (Wildman–Crippen LogP) is 5.56. The number of hydrogen-bond donors (Lipinski definition) is 1. The van der Waals surface area contributed by atoms with Gasteiger partial charge in [0, 0.05) is 16.1 Å². The third-order valence-electron chi connectivity index (χ3n) is 5.11. The Morgan fingerprint density at radius 2 is 2.00 bits per heavy atom. The molecule has 2 aliphatic heterocycles. The highest BCUT2D eigenvalue weighted by Crippen LogP contribution is 2.44. The van der Waals surface area contributed by atoms with Gasteiger partial charge in [-0.3, -0.25) is 4.99 Å². The van der Waals surface area contributed by atoms with Crippen LogP contribution in [-0.4, -0.2) is 17.3 Å². The van der Waals surface area contributed by atoms with Crippen molar-refractivity contribution >= 4 is 34.9 Å². The lowest BCUT2D eigenvalue weighted by molar-refractivity contribution is 0.377. The van der Waals surface area contributed by atoms with Crippen molar-refractivity contribution in [3.8, 4) is 0 Å². The van der Waals surface area contributed by atoms with Gasteiger partial charge in [0.05, 0.1) is 6.54 Å². The monoisotopic (exact) mass is 374 g/mol. The van der Waals surface area contributed by atoms with Crippen molar-refractivity contribution in [2.24, 2.45) is 10.4 Å². The molecule has 4 rings (SSSR count). The molecule has 1 fully saturated rings. The van der Waals surface area contributed by atoms with E-state index in [1.54, 1.807) is 12.1 Å². The minimum atomic E-state index is -0.212. The summed E-state index contributed by atoms with van der Waals surface area (Å²) in [5.41, 5.74) is 3.19. The van der Waals surface area contributed by atoms with Crippen LogP contribution in [0.15, 0.2) is 47.5 Å². The zero-order valence-electron chi connectivity index (χ0n) is 13.9. The molecule has 1 saturated heterocycles. The maximum atomic E-state index is 13.7. The summed E-state index contributed by atoms with van der Waals surface area (Å²) in [6.45, 7) is 0.586. The van der Waals surface area contributed by atoms with Gasteiger partial charge in [-0.25, -0.2) is 4.39 Å². The van der Waals surface area contributed by atoms with E-state index in [1.807, 2.05) is 42.1 Å². The quantitative estimate of drug-likeness (QED) is 0.744. The topological polar surface area (TPSA) is 24.4 Å². The molecule has 0 bridgehead atoms. The van der Waals surface area contributed by atoms with E-state index in [0.717, 1.165) is 52.9 Å². The molecule has 1 N–H and O–H groups in total. The highest BCUT2D eigenvalue weighted by molar-refractivity contribution is 7.99. The predicted molar refractivity (Wildman–Crippen MR) is 105 cm³/mol. The van der Waals surface area contributed by atoms with Gasteiger partial charge in [-0.15, -0.1) is 0 Å². The highest BCUT2D eigenvalue weighted by Gasteiger charge is 2.41. The zero-order valence-corrected chi connectivity index (χ0v) is 15.5. The van der Waals surface area contributed by atoms with Gasteiger partial charge in [-0.2, -0.15) is 11.8 Å². The lowest BCUT2D eigenvalue weighted by atomic mass is 9.73. The number of fused-ring (bicyclic) bond motifs is 1. The first-order valence-corrected chi connectivity index (χ1v) is 10.1. The molecule has 5 heteroatoms. The second kappa shape index (κ2) is 7.00. The number of halogens is 2. The molecule has 0 saturated carbocycles. The van der Waals surface area contributed by atoms with Crippen molar-refractivity contribution in [3.63, 3.8) is 0 Å². The normalized spacial score (nSPS) is 20.3. The smallest absolute Gasteiger partial charge is 0.125 e. The Bertz CT molecular complexity index is 815. The minimum Gasteiger partial charge on any atom is -0.343 e. The molecule has 0 aliphatic carbocycles. The number of nitrogens with zero attached hydrogens (tertiary/aromatic N) is 1. The lowest BCUT2D eigenvalue weighted by Crippen LogP contribution is -2.44. The third kappa shape index (κ3) is 3.56. The summed E-state index contributed by atoms with van der Waals surface area (Å²) in [7, 11) is 0. The first-order valence-electron chi connectivity index (χ1n) is 8.57. The van der Waals surface area contributed by atoms with Gasteiger partial charge >= 0.3 is 0 Å². The number of rotatable bonds is 2. The number of nitrogens with one attached hydrogen (secondary N) is 1. The average molecular weight is 375 g/mol. The Kier molecular flexibility index (Phi) is 4.74. The van der Waals surface area contributed by atoms with E-state index in [0.29, 0.717) is 6.54 Å². The van der Waals surface area contributed by atoms with Crippen LogP contribution in [0.2, 0.25) is 5.02 Å². The molecule has 2 aromatic carbocycles. The van der Waals surface area contributed by atoms with Gasteiger partial charge in [-0.1, -0.05) is 29.8 Å². The van der Waals surface area contributed by atoms with Gasteiger partial charge in [0.15, 0.2) is 0 Å². The summed E-state index contributed by atoms with van der Waals surface area (Å²) in [6, 6.07) is 12.9. The molecule has 130 valence electrons. The number of amidine groups is 1. The van der Waals surface area contributed by atoms with Crippen LogP contribution in [0.5, 0.6) is 0 Å². The van der Waals surface area contributed by atoms with Crippen molar-refractivity contribution in [2.75, 3.05) is 16.8 Å². The van der Waals surface area contributed by atoms with Crippen LogP contribution >= 0.6 is 23.4 Å². The molecular weight excluding hydrogens is 355 g/mol. The van der Waals surface area contributed by atoms with Crippen molar-refractivity contribution < 1.29 is 4.39 Å². The molecule has 2 nitrogen and oxygen atoms in total. The fraction of sp³-hybridized carbons (Fsp3) is 0.350. The fourth-order valence-electron chi connectivity index (χ4n) is 3.72. The SMILES string of the molecule is Fc1ccc2c(c1)NC(=NCc1cccc(Cl)c1)C1(CCSCC1)C2. The number of thioether (sulfide) groups is 1. The Labute approximate surface area is 156 Å². The summed E-state index contributed by atoms with van der Waals surface area (Å²) in [4.78, 5) is 4.92. The number of benzene rings is 2. The summed E-state index contributed by atoms with van der Waals surface area (Å²) in [5.74, 6) is 3.09. The second-order valence-electron chi connectivity index (χ2n) is 6.79. The van der Waals surface area contributed by atoms with E-state index in [2.05, 4.69) is 5.32 Å². The van der Waals surface area contributed by atoms with Crippen molar-refractivity contribution in [2.45, 2.75) is 25.8 Å². The van der Waals surface area contributed by atoms with Crippen LogP contribution in [-0.2, 0) is 13.0 Å². The Hall–Kier alpha value is -1.52. The maximum Gasteiger partial charge on any atom is 0.125 e. The fourth-order valence-corrected chi connectivity index (χ4v) is 5.20. The zero-order chi connectivity index (χ0) is 17.3. The molecule has 25 heavy (non-hydrogen) atoms. The third-order valence-corrected chi connectivity index (χ3v) is 6.34. The van der Waals surface area contributed by atoms with Crippen molar-refractivity contribution in [1.29, 1.82) is 0 Å². The molecule has 1 spiro atoms. The second-order valence-corrected chi connectivity index (χ2v) is 8.45. The van der Waals surface area contributed by atoms with Crippen LogP contribution in [0.4, 0.5) is 10.1 Å². The molecule has 0 aromatic heterocycles. The van der Waals surface area contributed by atoms with Gasteiger partial charge < -0.3 is 5.32 Å². The maximum absolute atomic E-state index is 13.7. The standard InChI is InChI=1S/C20H20ClFN2S/c21-16-3-1-2-14(10-16)13-23-19-20(6-8-25-9-7-20)12-15-4-5-17(22)11-18(15)24-19/h1-5,10-11H,6-9,12-13H2,(H,23,24). The lowest BCUT2D eigenvalue weighted by Gasteiger charge is -2.42. The number of hydrogen-bond acceptors (Lipinski definition) is 2. The van der Waals surface area contributed by atoms with Crippen molar-refractivity contribution in [1.82, 2.24) is 0 Å². The van der Waals surface area contributed by atoms with Gasteiger partial charge in [0.2, 0.25) is 0 Å². The first-order chi connectivity index (χ1) is 12.1. The van der Waals surface area contributed by atoms with E-state index in [1.165, 1.54) is 5.56 Å². The van der Waals surface area contributed by atoms with E-state index in [-0.39, 0.29) is 11.2 Å². The summed E-state index contributed by atoms with van der Waals surface area (Å²) < 4.78 is 13.7. The molecule has 2 aliphatic rings. The molecule has 0 radical (unpaired) electrons. The largest absolute Gasteiger partial charge is 0.343 e. The van der Waals surface area contributed by atoms with E-state index < -0.39 is 0 Å². The first kappa shape index (κ1) is 16.9. The van der Waals surface area contributed by atoms with E-state index >= 15 is 0 Å². The molecule has 2 aromatic rings. The molecule has 0 atom stereocenters. The summed E-state index contributed by atoms with van der Waals surface area (Å²) in [6.07, 6.45) is 3.15. The van der Waals surface area contributed by atoms with Crippen LogP contribution < -0.4 is 5.32 Å². The molecular formula is C20H20ClFN2S. The summed E-state index contributed by atoms with van der Waals surface area (Å²) >= 11 is 8.09. The van der Waals surface area contributed by atoms with Crippen LogP contribution in [0.1, 0.15) is 24.0 Å². The Morgan fingerprint density at radius 1 is 1.16 bits per heavy atom. The number of aliphatic imine (C=N–C) groups is 1. The number of anilines is 1. The average Bonchev–Trinajstić information content (AvgIpc) is 2.61.